The summed E-state index contributed by atoms with van der Waals surface area (Å²) in [5.74, 6) is 0.678. The number of nitrogens with one attached hydrogen (secondary N) is 2. The molecule has 1 aromatic heterocycles. The van der Waals surface area contributed by atoms with Crippen LogP contribution in [-0.2, 0) is 10.0 Å². The number of benzene rings is 2. The van der Waals surface area contributed by atoms with Crippen LogP contribution in [0.25, 0.3) is 0 Å². The van der Waals surface area contributed by atoms with Gasteiger partial charge in [-0.1, -0.05) is 6.07 Å². The van der Waals surface area contributed by atoms with Gasteiger partial charge < -0.3 is 15.0 Å². The van der Waals surface area contributed by atoms with Crippen molar-refractivity contribution in [2.45, 2.75) is 4.21 Å². The fourth-order valence-electron chi connectivity index (χ4n) is 3.76. The quantitative estimate of drug-likeness (QED) is 0.469. The molecule has 1 fully saturated rings. The van der Waals surface area contributed by atoms with Crippen LogP contribution in [0.1, 0.15) is 10.4 Å². The Hall–Kier alpha value is -3.08. The fourth-order valence-corrected chi connectivity index (χ4v) is 5.82. The van der Waals surface area contributed by atoms with Crippen LogP contribution in [0.15, 0.2) is 70.3 Å². The van der Waals surface area contributed by atoms with E-state index in [1.807, 2.05) is 12.1 Å². The summed E-state index contributed by atoms with van der Waals surface area (Å²) >= 11 is 1.15. The van der Waals surface area contributed by atoms with Crippen molar-refractivity contribution in [2.24, 2.45) is 0 Å². The number of carbonyl (C=O) groups excluding carboxylic acids is 1. The number of nitrogens with zero attached hydrogens (tertiary/aromatic N) is 2. The summed E-state index contributed by atoms with van der Waals surface area (Å²) in [5, 5.41) is 4.66. The number of rotatable bonds is 9. The fraction of sp³-hybridized carbons (Fsp3) is 0.292. The highest BCUT2D eigenvalue weighted by Crippen LogP contribution is 2.21. The highest BCUT2D eigenvalue weighted by atomic mass is 32.2. The van der Waals surface area contributed by atoms with Crippen molar-refractivity contribution in [3.63, 3.8) is 0 Å². The lowest BCUT2D eigenvalue weighted by Crippen LogP contribution is -2.48. The minimum absolute atomic E-state index is 0.176. The molecule has 0 radical (unpaired) electrons. The molecule has 34 heavy (non-hydrogen) atoms. The summed E-state index contributed by atoms with van der Waals surface area (Å²) in [7, 11) is -1.94. The monoisotopic (exact) mass is 500 g/mol. The van der Waals surface area contributed by atoms with Gasteiger partial charge in [-0.3, -0.25) is 14.4 Å². The maximum atomic E-state index is 12.5. The first-order valence-corrected chi connectivity index (χ1v) is 13.4. The molecule has 2 aromatic carbocycles. The average molecular weight is 501 g/mol. The topological polar surface area (TPSA) is 91.0 Å². The first-order chi connectivity index (χ1) is 16.4. The third-order valence-corrected chi connectivity index (χ3v) is 8.46. The lowest BCUT2D eigenvalue weighted by Gasteiger charge is -2.36. The Morgan fingerprint density at radius 3 is 2.32 bits per heavy atom. The van der Waals surface area contributed by atoms with E-state index in [1.54, 1.807) is 48.9 Å². The highest BCUT2D eigenvalue weighted by Gasteiger charge is 2.18. The van der Waals surface area contributed by atoms with Gasteiger partial charge >= 0.3 is 0 Å². The molecule has 4 rings (SSSR count). The molecule has 0 aliphatic carbocycles. The lowest BCUT2D eigenvalue weighted by atomic mass is 10.2. The molecule has 8 nitrogen and oxygen atoms in total. The van der Waals surface area contributed by atoms with Crippen LogP contribution in [0.2, 0.25) is 0 Å². The Morgan fingerprint density at radius 1 is 1.00 bits per heavy atom. The minimum Gasteiger partial charge on any atom is -0.497 e. The standard InChI is InChI=1S/C24H28N4O4S2/c1-32-22-10-8-21(9-11-22)28-16-14-27(15-17-28)13-12-25-24(29)19-4-6-20(7-5-19)26-34(30,31)23-3-2-18-33-23/h2-11,18,26H,12-17H2,1H3,(H,25,29). The molecule has 180 valence electrons. The summed E-state index contributed by atoms with van der Waals surface area (Å²) in [6.07, 6.45) is 0. The van der Waals surface area contributed by atoms with Crippen molar-refractivity contribution in [3.8, 4) is 5.75 Å². The second-order valence-corrected chi connectivity index (χ2v) is 10.8. The number of piperazine rings is 1. The zero-order chi connectivity index (χ0) is 24.0. The molecule has 1 saturated heterocycles. The molecule has 1 amide bonds. The molecule has 3 aromatic rings. The van der Waals surface area contributed by atoms with Gasteiger partial charge in [-0.05, 0) is 60.0 Å². The van der Waals surface area contributed by atoms with Gasteiger partial charge in [0.1, 0.15) is 9.96 Å². The Morgan fingerprint density at radius 2 is 1.71 bits per heavy atom. The van der Waals surface area contributed by atoms with Gasteiger partial charge in [-0.15, -0.1) is 11.3 Å². The molecule has 2 N–H and O–H groups in total. The van der Waals surface area contributed by atoms with Crippen LogP contribution in [0.4, 0.5) is 11.4 Å². The largest absolute Gasteiger partial charge is 0.497 e. The Labute approximate surface area is 204 Å². The van der Waals surface area contributed by atoms with Crippen molar-refractivity contribution in [2.75, 3.05) is 56.0 Å². The molecule has 0 bridgehead atoms. The second kappa shape index (κ2) is 10.9. The highest BCUT2D eigenvalue weighted by molar-refractivity contribution is 7.94. The van der Waals surface area contributed by atoms with E-state index in [-0.39, 0.29) is 10.1 Å². The second-order valence-electron chi connectivity index (χ2n) is 7.90. The van der Waals surface area contributed by atoms with Crippen molar-refractivity contribution in [1.29, 1.82) is 0 Å². The summed E-state index contributed by atoms with van der Waals surface area (Å²) in [6, 6.07) is 17.8. The number of thiophene rings is 1. The van der Waals surface area contributed by atoms with Crippen LogP contribution < -0.4 is 19.7 Å². The van der Waals surface area contributed by atoms with Gasteiger partial charge in [0.25, 0.3) is 15.9 Å². The van der Waals surface area contributed by atoms with E-state index < -0.39 is 10.0 Å². The van der Waals surface area contributed by atoms with Crippen molar-refractivity contribution >= 4 is 38.6 Å². The van der Waals surface area contributed by atoms with E-state index in [9.17, 15) is 13.2 Å². The van der Waals surface area contributed by atoms with E-state index in [1.165, 1.54) is 5.69 Å². The predicted molar refractivity (Wildman–Crippen MR) is 136 cm³/mol. The summed E-state index contributed by atoms with van der Waals surface area (Å²) < 4.78 is 32.6. The van der Waals surface area contributed by atoms with Crippen LogP contribution in [0.5, 0.6) is 5.75 Å². The van der Waals surface area contributed by atoms with Gasteiger partial charge in [0.15, 0.2) is 0 Å². The first kappa shape index (κ1) is 24.1. The predicted octanol–water partition coefficient (Wildman–Crippen LogP) is 3.11. The third kappa shape index (κ3) is 6.07. The number of carbonyl (C=O) groups is 1. The molecule has 1 aliphatic rings. The maximum Gasteiger partial charge on any atom is 0.271 e. The van der Waals surface area contributed by atoms with Crippen LogP contribution in [-0.4, -0.2) is 65.6 Å². The summed E-state index contributed by atoms with van der Waals surface area (Å²) in [4.78, 5) is 17.2. The van der Waals surface area contributed by atoms with Gasteiger partial charge in [0.05, 0.1) is 7.11 Å². The maximum absolute atomic E-state index is 12.5. The third-order valence-electron chi connectivity index (χ3n) is 5.68. The van der Waals surface area contributed by atoms with E-state index in [4.69, 9.17) is 4.74 Å². The smallest absolute Gasteiger partial charge is 0.271 e. The molecular weight excluding hydrogens is 472 g/mol. The van der Waals surface area contributed by atoms with Crippen LogP contribution in [0, 0.1) is 0 Å². The number of ether oxygens (including phenoxy) is 1. The molecule has 0 saturated carbocycles. The summed E-state index contributed by atoms with van der Waals surface area (Å²) in [5.41, 5.74) is 2.10. The zero-order valence-electron chi connectivity index (χ0n) is 18.9. The number of anilines is 2. The Kier molecular flexibility index (Phi) is 7.71. The average Bonchev–Trinajstić information content (AvgIpc) is 3.41. The van der Waals surface area contributed by atoms with Gasteiger partial charge in [0, 0.05) is 56.2 Å². The van der Waals surface area contributed by atoms with Gasteiger partial charge in [-0.2, -0.15) is 0 Å². The minimum atomic E-state index is -3.60. The van der Waals surface area contributed by atoms with Crippen LogP contribution >= 0.6 is 11.3 Å². The van der Waals surface area contributed by atoms with E-state index >= 15 is 0 Å². The molecule has 10 heteroatoms. The van der Waals surface area contributed by atoms with Crippen molar-refractivity contribution in [3.05, 3.63) is 71.6 Å². The van der Waals surface area contributed by atoms with E-state index in [0.29, 0.717) is 17.8 Å². The molecule has 0 spiro atoms. The van der Waals surface area contributed by atoms with Crippen molar-refractivity contribution in [1.82, 2.24) is 10.2 Å². The molecule has 2 heterocycles. The number of amides is 1. The van der Waals surface area contributed by atoms with Crippen molar-refractivity contribution < 1.29 is 17.9 Å². The summed E-state index contributed by atoms with van der Waals surface area (Å²) in [6.45, 7) is 5.06. The Balaban J connectivity index is 1.20. The van der Waals surface area contributed by atoms with Crippen LogP contribution in [0.3, 0.4) is 0 Å². The molecule has 1 aliphatic heterocycles. The number of sulfonamides is 1. The number of methoxy groups -OCH3 is 1. The molecule has 0 atom stereocenters. The first-order valence-electron chi connectivity index (χ1n) is 11.0. The zero-order valence-corrected chi connectivity index (χ0v) is 20.6. The normalized spacial score (nSPS) is 14.6. The van der Waals surface area contributed by atoms with Gasteiger partial charge in [0.2, 0.25) is 0 Å². The number of hydrogen-bond donors (Lipinski definition) is 2. The number of hydrogen-bond acceptors (Lipinski definition) is 7. The molecular formula is C24H28N4O4S2. The Bertz CT molecular complexity index is 1170. The molecule has 0 unspecified atom stereocenters. The van der Waals surface area contributed by atoms with E-state index in [0.717, 1.165) is 49.8 Å². The van der Waals surface area contributed by atoms with E-state index in [2.05, 4.69) is 32.0 Å². The lowest BCUT2D eigenvalue weighted by molar-refractivity contribution is 0.0948. The SMILES string of the molecule is COc1ccc(N2CCN(CCNC(=O)c3ccc(NS(=O)(=O)c4cccs4)cc3)CC2)cc1. The van der Waals surface area contributed by atoms with Gasteiger partial charge in [-0.25, -0.2) is 8.42 Å².